The number of hydrogen-bond donors (Lipinski definition) is 1. The molecule has 3 aromatic carbocycles. The average Bonchev–Trinajstić information content (AvgIpc) is 3.52. The molecule has 7 nitrogen and oxygen atoms in total. The highest BCUT2D eigenvalue weighted by Crippen LogP contribution is 2.35. The number of nitrogens with zero attached hydrogens (tertiary/aromatic N) is 3. The number of phenols is 1. The van der Waals surface area contributed by atoms with Crippen molar-refractivity contribution in [3.63, 3.8) is 0 Å². The number of furan rings is 1. The molecule has 1 aliphatic heterocycles. The molecule has 0 saturated carbocycles. The van der Waals surface area contributed by atoms with Gasteiger partial charge in [0.25, 0.3) is 5.91 Å². The van der Waals surface area contributed by atoms with Gasteiger partial charge in [-0.25, -0.2) is 0 Å². The number of rotatable bonds is 7. The zero-order chi connectivity index (χ0) is 26.5. The number of carbonyl (C=O) groups is 1. The SMILES string of the molecule is O=C1/C(=C/c2cccc(Oc3ccccc3)c2)S/C(=N/N=C\c2cc(Br)cc(Br)c2O)N1Cc1ccco1. The van der Waals surface area contributed by atoms with Crippen LogP contribution in [-0.2, 0) is 11.3 Å². The van der Waals surface area contributed by atoms with E-state index < -0.39 is 0 Å². The van der Waals surface area contributed by atoms with Crippen LogP contribution in [0.3, 0.4) is 0 Å². The predicted molar refractivity (Wildman–Crippen MR) is 156 cm³/mol. The number of thioether (sulfide) groups is 1. The molecule has 0 spiro atoms. The van der Waals surface area contributed by atoms with Crippen LogP contribution >= 0.6 is 43.6 Å². The van der Waals surface area contributed by atoms with Gasteiger partial charge in [-0.1, -0.05) is 46.3 Å². The Morgan fingerprint density at radius 3 is 2.61 bits per heavy atom. The topological polar surface area (TPSA) is 87.6 Å². The van der Waals surface area contributed by atoms with Crippen molar-refractivity contribution in [2.24, 2.45) is 10.2 Å². The molecule has 0 radical (unpaired) electrons. The van der Waals surface area contributed by atoms with Gasteiger partial charge >= 0.3 is 0 Å². The number of aromatic hydroxyl groups is 1. The quantitative estimate of drug-likeness (QED) is 0.125. The standard InChI is InChI=1S/C28H19Br2N3O4S/c29-20-14-19(26(34)24(30)15-20)16-31-32-28-33(17-23-10-5-11-36-23)27(35)25(38-28)13-18-6-4-9-22(12-18)37-21-7-2-1-3-8-21/h1-16,34H,17H2/b25-13-,31-16-,32-28+. The third kappa shape index (κ3) is 6.27. The Bertz CT molecular complexity index is 1550. The lowest BCUT2D eigenvalue weighted by Crippen LogP contribution is -2.28. The molecule has 1 N–H and O–H groups in total. The van der Waals surface area contributed by atoms with Crippen LogP contribution in [0.1, 0.15) is 16.9 Å². The Kier molecular flexibility index (Phi) is 8.11. The number of amidine groups is 1. The first kappa shape index (κ1) is 26.0. The van der Waals surface area contributed by atoms with Crippen LogP contribution < -0.4 is 4.74 Å². The van der Waals surface area contributed by atoms with E-state index in [2.05, 4.69) is 42.1 Å². The second-order valence-electron chi connectivity index (χ2n) is 8.02. The lowest BCUT2D eigenvalue weighted by Gasteiger charge is -2.12. The van der Waals surface area contributed by atoms with Crippen LogP contribution in [-0.4, -0.2) is 27.3 Å². The molecular formula is C28H19Br2N3O4S. The molecule has 2 heterocycles. The van der Waals surface area contributed by atoms with Gasteiger partial charge < -0.3 is 14.3 Å². The fourth-order valence-electron chi connectivity index (χ4n) is 3.55. The lowest BCUT2D eigenvalue weighted by atomic mass is 10.2. The van der Waals surface area contributed by atoms with Gasteiger partial charge in [-0.15, -0.1) is 5.10 Å². The number of ether oxygens (including phenoxy) is 1. The monoisotopic (exact) mass is 651 g/mol. The Morgan fingerprint density at radius 1 is 1.00 bits per heavy atom. The molecular weight excluding hydrogens is 634 g/mol. The minimum absolute atomic E-state index is 0.0398. The van der Waals surface area contributed by atoms with Crippen LogP contribution in [0.2, 0.25) is 0 Å². The van der Waals surface area contributed by atoms with E-state index in [0.717, 1.165) is 15.8 Å². The summed E-state index contributed by atoms with van der Waals surface area (Å²) in [6.45, 7) is 0.204. The summed E-state index contributed by atoms with van der Waals surface area (Å²) in [5.74, 6) is 1.82. The molecule has 0 aliphatic carbocycles. The van der Waals surface area contributed by atoms with Gasteiger partial charge in [0.05, 0.1) is 28.4 Å². The highest BCUT2D eigenvalue weighted by atomic mass is 79.9. The van der Waals surface area contributed by atoms with Crippen molar-refractivity contribution in [2.75, 3.05) is 0 Å². The molecule has 0 bridgehead atoms. The van der Waals surface area contributed by atoms with Gasteiger partial charge in [-0.05, 0) is 87.9 Å². The number of hydrogen-bond acceptors (Lipinski definition) is 7. The Balaban J connectivity index is 1.42. The van der Waals surface area contributed by atoms with Crippen molar-refractivity contribution in [1.29, 1.82) is 0 Å². The van der Waals surface area contributed by atoms with Crippen LogP contribution in [0.15, 0.2) is 114 Å². The summed E-state index contributed by atoms with van der Waals surface area (Å²) in [7, 11) is 0. The molecule has 1 saturated heterocycles. The number of phenolic OH excluding ortho intramolecular Hbond substituents is 1. The summed E-state index contributed by atoms with van der Waals surface area (Å²) in [5, 5.41) is 19.1. The Hall–Kier alpha value is -3.60. The lowest BCUT2D eigenvalue weighted by molar-refractivity contribution is -0.122. The third-order valence-corrected chi connectivity index (χ3v) is 7.37. The highest BCUT2D eigenvalue weighted by molar-refractivity contribution is 9.11. The van der Waals surface area contributed by atoms with E-state index in [1.807, 2.05) is 54.6 Å². The molecule has 1 aliphatic rings. The van der Waals surface area contributed by atoms with Crippen molar-refractivity contribution in [3.05, 3.63) is 116 Å². The Labute approximate surface area is 239 Å². The first-order valence-electron chi connectivity index (χ1n) is 11.3. The fourth-order valence-corrected chi connectivity index (χ4v) is 5.74. The van der Waals surface area contributed by atoms with Crippen molar-refractivity contribution in [2.45, 2.75) is 6.54 Å². The van der Waals surface area contributed by atoms with E-state index in [1.54, 1.807) is 36.6 Å². The van der Waals surface area contributed by atoms with Crippen molar-refractivity contribution < 1.29 is 19.1 Å². The van der Waals surface area contributed by atoms with E-state index in [4.69, 9.17) is 9.15 Å². The van der Waals surface area contributed by atoms with Crippen LogP contribution in [0.4, 0.5) is 0 Å². The average molecular weight is 653 g/mol. The fraction of sp³-hybridized carbons (Fsp3) is 0.0357. The summed E-state index contributed by atoms with van der Waals surface area (Å²) < 4.78 is 12.7. The summed E-state index contributed by atoms with van der Waals surface area (Å²) in [5.41, 5.74) is 1.27. The molecule has 0 unspecified atom stereocenters. The normalized spacial score (nSPS) is 15.7. The summed E-state index contributed by atoms with van der Waals surface area (Å²) in [4.78, 5) is 15.4. The van der Waals surface area contributed by atoms with Crippen LogP contribution in [0.5, 0.6) is 17.2 Å². The number of amides is 1. The van der Waals surface area contributed by atoms with E-state index in [-0.39, 0.29) is 18.2 Å². The summed E-state index contributed by atoms with van der Waals surface area (Å²) in [6.07, 6.45) is 4.78. The van der Waals surface area contributed by atoms with Gasteiger partial charge in [-0.2, -0.15) is 5.10 Å². The molecule has 190 valence electrons. The minimum atomic E-state index is -0.220. The van der Waals surface area contributed by atoms with Crippen LogP contribution in [0, 0.1) is 0 Å². The largest absolute Gasteiger partial charge is 0.506 e. The molecule has 38 heavy (non-hydrogen) atoms. The molecule has 10 heteroatoms. The molecule has 1 aromatic heterocycles. The summed E-state index contributed by atoms with van der Waals surface area (Å²) >= 11 is 7.91. The number of para-hydroxylation sites is 1. The molecule has 0 atom stereocenters. The van der Waals surface area contributed by atoms with Gasteiger partial charge in [0.2, 0.25) is 0 Å². The number of benzene rings is 3. The third-order valence-electron chi connectivity index (χ3n) is 5.31. The van der Waals surface area contributed by atoms with E-state index in [9.17, 15) is 9.90 Å². The maximum Gasteiger partial charge on any atom is 0.267 e. The van der Waals surface area contributed by atoms with Crippen molar-refractivity contribution in [3.8, 4) is 17.2 Å². The van der Waals surface area contributed by atoms with E-state index in [1.165, 1.54) is 22.9 Å². The molecule has 1 amide bonds. The van der Waals surface area contributed by atoms with E-state index >= 15 is 0 Å². The second-order valence-corrected chi connectivity index (χ2v) is 10.8. The van der Waals surface area contributed by atoms with Crippen molar-refractivity contribution in [1.82, 2.24) is 4.90 Å². The molecule has 1 fully saturated rings. The zero-order valence-corrected chi connectivity index (χ0v) is 23.6. The van der Waals surface area contributed by atoms with E-state index in [0.29, 0.717) is 31.6 Å². The van der Waals surface area contributed by atoms with Gasteiger partial charge in [0.15, 0.2) is 5.17 Å². The first-order chi connectivity index (χ1) is 18.5. The highest BCUT2D eigenvalue weighted by Gasteiger charge is 2.34. The Morgan fingerprint density at radius 2 is 1.82 bits per heavy atom. The maximum absolute atomic E-state index is 13.4. The zero-order valence-electron chi connectivity index (χ0n) is 19.6. The van der Waals surface area contributed by atoms with Gasteiger partial charge in [0.1, 0.15) is 23.0 Å². The maximum atomic E-state index is 13.4. The molecule has 5 rings (SSSR count). The summed E-state index contributed by atoms with van der Waals surface area (Å²) in [6, 6.07) is 24.0. The number of halogens is 2. The van der Waals surface area contributed by atoms with Gasteiger partial charge in [0, 0.05) is 10.0 Å². The smallest absolute Gasteiger partial charge is 0.267 e. The predicted octanol–water partition coefficient (Wildman–Crippen LogP) is 7.81. The molecule has 4 aromatic rings. The second kappa shape index (κ2) is 11.8. The first-order valence-corrected chi connectivity index (χ1v) is 13.7. The van der Waals surface area contributed by atoms with Gasteiger partial charge in [-0.3, -0.25) is 9.69 Å². The number of carbonyl (C=O) groups excluding carboxylic acids is 1. The minimum Gasteiger partial charge on any atom is -0.506 e. The van der Waals surface area contributed by atoms with Crippen molar-refractivity contribution >= 4 is 67.0 Å². The van der Waals surface area contributed by atoms with Crippen LogP contribution in [0.25, 0.3) is 6.08 Å².